The third-order valence-electron chi connectivity index (χ3n) is 4.77. The molecule has 0 spiro atoms. The largest absolute Gasteiger partial charge is 0.449 e. The number of nitro benzene ring substituents is 1. The number of rotatable bonds is 10. The predicted octanol–water partition coefficient (Wildman–Crippen LogP) is 0.495. The highest BCUT2D eigenvalue weighted by atomic mass is 16.6. The maximum absolute atomic E-state index is 13.2. The zero-order valence-electron chi connectivity index (χ0n) is 20.1. The van der Waals surface area contributed by atoms with E-state index in [4.69, 9.17) is 44.6 Å². The van der Waals surface area contributed by atoms with Crippen LogP contribution in [0.1, 0.15) is 11.5 Å². The quantitative estimate of drug-likeness (QED) is 0.147. The molecule has 12 heteroatoms. The van der Waals surface area contributed by atoms with Gasteiger partial charge in [0, 0.05) is 12.1 Å². The molecular formula is C27H18N2O10. The number of ether oxygens (including phenoxy) is 4. The summed E-state index contributed by atoms with van der Waals surface area (Å²) < 4.78 is 19.9. The molecule has 1 aliphatic rings. The molecule has 0 bridgehead atoms. The molecule has 0 saturated heterocycles. The van der Waals surface area contributed by atoms with E-state index in [2.05, 4.69) is 29.0 Å². The first-order chi connectivity index (χ1) is 18.7. The van der Waals surface area contributed by atoms with E-state index in [1.807, 2.05) is 0 Å². The molecule has 0 atom stereocenters. The number of non-ortho nitro benzene ring substituents is 1. The number of carbonyl (C=O) groups excluding carboxylic acids is 4. The van der Waals surface area contributed by atoms with E-state index in [-0.39, 0.29) is 5.56 Å². The number of esters is 4. The number of hydrogen-bond acceptors (Lipinski definition) is 11. The molecule has 0 amide bonds. The van der Waals surface area contributed by atoms with E-state index >= 15 is 0 Å². The molecule has 1 heterocycles. The van der Waals surface area contributed by atoms with Crippen LogP contribution in [0, 0.1) is 59.5 Å². The molecule has 1 aliphatic heterocycles. The molecule has 2 rings (SSSR count). The highest BCUT2D eigenvalue weighted by Crippen LogP contribution is 2.41. The SMILES string of the molecule is C#CCOC(=O)C1=C(C(=O)OCC#C)C(c2cccc([N+](=O)[O-])c2)C(C(=O)OCC#C)=C(C(=O)OCC#C)N1. The van der Waals surface area contributed by atoms with Gasteiger partial charge in [0.1, 0.15) is 11.4 Å². The maximum atomic E-state index is 13.2. The van der Waals surface area contributed by atoms with Crippen LogP contribution in [0.25, 0.3) is 0 Å². The van der Waals surface area contributed by atoms with Crippen molar-refractivity contribution in [3.63, 3.8) is 0 Å². The van der Waals surface area contributed by atoms with Crippen molar-refractivity contribution in [2.24, 2.45) is 0 Å². The number of carbonyl (C=O) groups is 4. The summed E-state index contributed by atoms with van der Waals surface area (Å²) in [5.41, 5.74) is -3.14. The van der Waals surface area contributed by atoms with Gasteiger partial charge in [0.05, 0.1) is 22.0 Å². The molecule has 1 N–H and O–H groups in total. The maximum Gasteiger partial charge on any atom is 0.356 e. The van der Waals surface area contributed by atoms with Crippen LogP contribution in [-0.2, 0) is 38.1 Å². The van der Waals surface area contributed by atoms with Gasteiger partial charge in [-0.3, -0.25) is 10.1 Å². The van der Waals surface area contributed by atoms with Gasteiger partial charge in [-0.05, 0) is 5.56 Å². The van der Waals surface area contributed by atoms with Gasteiger partial charge in [-0.1, -0.05) is 35.8 Å². The number of benzene rings is 1. The van der Waals surface area contributed by atoms with Crippen LogP contribution in [0.5, 0.6) is 0 Å². The minimum atomic E-state index is -1.69. The fourth-order valence-corrected chi connectivity index (χ4v) is 3.33. The third kappa shape index (κ3) is 7.04. The molecule has 0 aliphatic carbocycles. The number of hydrogen-bond donors (Lipinski definition) is 1. The Morgan fingerprint density at radius 3 is 1.56 bits per heavy atom. The summed E-state index contributed by atoms with van der Waals surface area (Å²) >= 11 is 0. The normalized spacial score (nSPS) is 12.4. The molecule has 39 heavy (non-hydrogen) atoms. The van der Waals surface area contributed by atoms with Crippen LogP contribution in [0.4, 0.5) is 5.69 Å². The van der Waals surface area contributed by atoms with E-state index in [1.165, 1.54) is 12.1 Å². The second-order valence-corrected chi connectivity index (χ2v) is 7.11. The third-order valence-corrected chi connectivity index (χ3v) is 4.77. The Kier molecular flexibility index (Phi) is 10.5. The number of dihydropyridines is 1. The van der Waals surface area contributed by atoms with Crippen LogP contribution in [0.15, 0.2) is 46.8 Å². The van der Waals surface area contributed by atoms with Gasteiger partial charge < -0.3 is 24.3 Å². The lowest BCUT2D eigenvalue weighted by Crippen LogP contribution is -2.40. The zero-order chi connectivity index (χ0) is 28.9. The van der Waals surface area contributed by atoms with Crippen molar-refractivity contribution in [2.45, 2.75) is 5.92 Å². The van der Waals surface area contributed by atoms with Crippen LogP contribution < -0.4 is 5.32 Å². The first-order valence-corrected chi connectivity index (χ1v) is 10.6. The Balaban J connectivity index is 2.98. The van der Waals surface area contributed by atoms with Crippen molar-refractivity contribution in [2.75, 3.05) is 26.4 Å². The monoisotopic (exact) mass is 530 g/mol. The topological polar surface area (TPSA) is 160 Å². The van der Waals surface area contributed by atoms with Gasteiger partial charge in [-0.25, -0.2) is 19.2 Å². The van der Waals surface area contributed by atoms with Gasteiger partial charge in [0.15, 0.2) is 26.4 Å². The van der Waals surface area contributed by atoms with E-state index in [0.29, 0.717) is 0 Å². The lowest BCUT2D eigenvalue weighted by atomic mass is 9.79. The minimum Gasteiger partial charge on any atom is -0.449 e. The van der Waals surface area contributed by atoms with Crippen molar-refractivity contribution in [1.29, 1.82) is 0 Å². The average Bonchev–Trinajstić information content (AvgIpc) is 2.94. The Labute approximate surface area is 222 Å². The highest BCUT2D eigenvalue weighted by molar-refractivity contribution is 6.10. The Morgan fingerprint density at radius 1 is 0.769 bits per heavy atom. The summed E-state index contributed by atoms with van der Waals surface area (Å²) in [6, 6.07) is 4.68. The lowest BCUT2D eigenvalue weighted by Gasteiger charge is -2.30. The van der Waals surface area contributed by atoms with Crippen LogP contribution >= 0.6 is 0 Å². The van der Waals surface area contributed by atoms with Gasteiger partial charge in [0.2, 0.25) is 0 Å². The second-order valence-electron chi connectivity index (χ2n) is 7.11. The first kappa shape index (κ1) is 29.3. The number of nitrogens with zero attached hydrogens (tertiary/aromatic N) is 1. The molecule has 196 valence electrons. The van der Waals surface area contributed by atoms with Gasteiger partial charge in [-0.15, -0.1) is 25.7 Å². The zero-order valence-corrected chi connectivity index (χ0v) is 20.1. The highest BCUT2D eigenvalue weighted by Gasteiger charge is 2.44. The van der Waals surface area contributed by atoms with Crippen LogP contribution in [0.3, 0.4) is 0 Å². The number of terminal acetylenes is 4. The Hall–Kier alpha value is -5.98. The molecular weight excluding hydrogens is 512 g/mol. The summed E-state index contributed by atoms with van der Waals surface area (Å²) in [6.07, 6.45) is 20.6. The summed E-state index contributed by atoms with van der Waals surface area (Å²) in [7, 11) is 0. The van der Waals surface area contributed by atoms with E-state index < -0.39 is 89.4 Å². The fraction of sp³-hybridized carbons (Fsp3) is 0.185. The van der Waals surface area contributed by atoms with E-state index in [9.17, 15) is 29.3 Å². The van der Waals surface area contributed by atoms with Crippen LogP contribution in [-0.4, -0.2) is 55.2 Å². The lowest BCUT2D eigenvalue weighted by molar-refractivity contribution is -0.384. The molecule has 0 saturated carbocycles. The van der Waals surface area contributed by atoms with Crippen molar-refractivity contribution < 1.29 is 43.0 Å². The number of nitrogens with one attached hydrogen (secondary N) is 1. The van der Waals surface area contributed by atoms with Crippen molar-refractivity contribution in [1.82, 2.24) is 5.32 Å². The summed E-state index contributed by atoms with van der Waals surface area (Å²) in [4.78, 5) is 63.2. The summed E-state index contributed by atoms with van der Waals surface area (Å²) in [5.74, 6) is 1.62. The molecule has 1 aromatic carbocycles. The Bertz CT molecular complexity index is 1360. The second kappa shape index (κ2) is 13.9. The number of nitro groups is 1. The standard InChI is InChI=1S/C27H18N2O10/c1-5-12-36-24(30)20-19(17-10-9-11-18(16-17)29(34)35)21(25(31)37-13-6-2)23(27(33)39-15-8-4)28-22(20)26(32)38-14-7-3/h1-4,9-11,16,19,28H,12-15H2. The van der Waals surface area contributed by atoms with Crippen molar-refractivity contribution >= 4 is 29.6 Å². The molecule has 0 unspecified atom stereocenters. The van der Waals surface area contributed by atoms with Gasteiger partial charge in [0.25, 0.3) is 5.69 Å². The van der Waals surface area contributed by atoms with Crippen molar-refractivity contribution in [3.05, 3.63) is 62.5 Å². The molecule has 0 fully saturated rings. The molecule has 0 aromatic heterocycles. The Morgan fingerprint density at radius 2 is 1.18 bits per heavy atom. The molecule has 12 nitrogen and oxygen atoms in total. The summed E-state index contributed by atoms with van der Waals surface area (Å²) in [5, 5.41) is 13.8. The summed E-state index contributed by atoms with van der Waals surface area (Å²) in [6.45, 7) is -2.21. The molecule has 1 aromatic rings. The smallest absolute Gasteiger partial charge is 0.356 e. The van der Waals surface area contributed by atoms with E-state index in [1.54, 1.807) is 0 Å². The van der Waals surface area contributed by atoms with Gasteiger partial charge in [-0.2, -0.15) is 0 Å². The van der Waals surface area contributed by atoms with Crippen molar-refractivity contribution in [3.8, 4) is 49.4 Å². The molecule has 0 radical (unpaired) electrons. The van der Waals surface area contributed by atoms with E-state index in [0.717, 1.165) is 12.1 Å². The minimum absolute atomic E-state index is 0.101. The fourth-order valence-electron chi connectivity index (χ4n) is 3.33. The predicted molar refractivity (Wildman–Crippen MR) is 132 cm³/mol. The first-order valence-electron chi connectivity index (χ1n) is 10.6. The van der Waals surface area contributed by atoms with Gasteiger partial charge >= 0.3 is 23.9 Å². The average molecular weight is 530 g/mol. The van der Waals surface area contributed by atoms with Crippen LogP contribution in [0.2, 0.25) is 0 Å².